The number of alkyl carbamates (subject to hydrolysis) is 1. The van der Waals surface area contributed by atoms with Gasteiger partial charge in [0.2, 0.25) is 5.91 Å². The van der Waals surface area contributed by atoms with Gasteiger partial charge in [-0.1, -0.05) is 124 Å². The lowest BCUT2D eigenvalue weighted by atomic mass is 9.63. The highest BCUT2D eigenvalue weighted by molar-refractivity contribution is 7.07. The molecule has 3 atom stereocenters. The van der Waals surface area contributed by atoms with E-state index in [1.165, 1.54) is 124 Å². The monoisotopic (exact) mass is 1190 g/mol. The normalized spacial score (nSPS) is 21.9. The maximum absolute atomic E-state index is 14.1. The number of nitrogens with one attached hydrogen (secondary N) is 2. The number of piperidine rings is 3. The first-order valence-electron chi connectivity index (χ1n) is 33.0. The van der Waals surface area contributed by atoms with E-state index in [2.05, 4.69) is 148 Å². The topological polar surface area (TPSA) is 110 Å². The second-order valence-corrected chi connectivity index (χ2v) is 30.4. The van der Waals surface area contributed by atoms with Gasteiger partial charge >= 0.3 is 6.09 Å². The molecule has 3 saturated heterocycles. The lowest BCUT2D eigenvalue weighted by molar-refractivity contribution is -0.121. The summed E-state index contributed by atoms with van der Waals surface area (Å²) >= 11 is 1.49. The van der Waals surface area contributed by atoms with Gasteiger partial charge in [-0.3, -0.25) is 9.59 Å². The van der Waals surface area contributed by atoms with Gasteiger partial charge in [-0.2, -0.15) is 0 Å². The van der Waals surface area contributed by atoms with Crippen molar-refractivity contribution in [1.29, 1.82) is 0 Å². The molecule has 10 rings (SSSR count). The van der Waals surface area contributed by atoms with Crippen molar-refractivity contribution in [3.8, 4) is 0 Å². The van der Waals surface area contributed by atoms with Gasteiger partial charge in [0, 0.05) is 21.2 Å². The fraction of sp³-hybridized carbons (Fsp3) is 0.667. The second-order valence-electron chi connectivity index (χ2n) is 29.7. The first-order chi connectivity index (χ1) is 40.4. The number of carbonyl (C=O) groups excluding carboxylic acids is 3. The van der Waals surface area contributed by atoms with E-state index >= 15 is 0 Å². The van der Waals surface area contributed by atoms with E-state index in [4.69, 9.17) is 4.74 Å². The summed E-state index contributed by atoms with van der Waals surface area (Å²) in [5, 5.41) is 8.08. The highest BCUT2D eigenvalue weighted by Crippen LogP contribution is 2.52. The molecule has 3 fully saturated rings. The van der Waals surface area contributed by atoms with Gasteiger partial charge in [-0.05, 0) is 247 Å². The number of aromatic nitrogens is 1. The summed E-state index contributed by atoms with van der Waals surface area (Å²) in [6, 6.07) is 23.1. The molecule has 4 aromatic rings. The largest absolute Gasteiger partial charge is 0.450 e. The second kappa shape index (κ2) is 28.6. The maximum atomic E-state index is 14.1. The van der Waals surface area contributed by atoms with Crippen LogP contribution >= 0.6 is 11.3 Å². The summed E-state index contributed by atoms with van der Waals surface area (Å²) < 4.78 is 19.2. The molecule has 11 nitrogen and oxygen atoms in total. The number of likely N-dealkylation sites (tertiary alicyclic amines) is 3. The fourth-order valence-electron chi connectivity index (χ4n) is 14.8. The quantitative estimate of drug-likeness (QED) is 0.136. The number of benzene rings is 3. The van der Waals surface area contributed by atoms with Crippen LogP contribution in [-0.4, -0.2) is 115 Å². The number of ether oxygens (including phenoxy) is 1. The Labute approximate surface area is 519 Å². The Morgan fingerprint density at radius 2 is 1.06 bits per heavy atom. The third-order valence-electron chi connectivity index (χ3n) is 20.3. The highest BCUT2D eigenvalue weighted by atomic mass is 32.1. The van der Waals surface area contributed by atoms with E-state index in [1.807, 2.05) is 30.2 Å². The number of hydrogen-bond acceptors (Lipinski definition) is 9. The van der Waals surface area contributed by atoms with Crippen LogP contribution in [-0.2, 0) is 25.8 Å². The average Bonchev–Trinajstić information content (AvgIpc) is 2.89. The van der Waals surface area contributed by atoms with Crippen LogP contribution < -0.4 is 10.6 Å². The molecule has 0 saturated carbocycles. The minimum atomic E-state index is -0.301. The zero-order valence-corrected chi connectivity index (χ0v) is 55.3. The molecule has 3 aliphatic heterocycles. The van der Waals surface area contributed by atoms with E-state index in [9.17, 15) is 18.8 Å². The molecule has 0 unspecified atom stereocenters. The number of nitrogens with zero attached hydrogens (tertiary/aromatic N) is 5. The molecule has 3 spiro atoms. The number of rotatable bonds is 13. The number of amides is 3. The van der Waals surface area contributed by atoms with Crippen molar-refractivity contribution in [2.45, 2.75) is 220 Å². The summed E-state index contributed by atoms with van der Waals surface area (Å²) in [5.41, 5.74) is 12.0. The molecular formula is C72H112FN7O4S. The van der Waals surface area contributed by atoms with E-state index in [-0.39, 0.29) is 60.9 Å². The molecule has 6 aliphatic rings. The molecule has 13 heteroatoms. The van der Waals surface area contributed by atoms with E-state index in [0.29, 0.717) is 41.5 Å². The van der Waals surface area contributed by atoms with Crippen LogP contribution in [0.5, 0.6) is 0 Å². The Bertz CT molecular complexity index is 2810. The van der Waals surface area contributed by atoms with Crippen molar-refractivity contribution in [2.75, 3.05) is 72.1 Å². The van der Waals surface area contributed by atoms with Gasteiger partial charge in [0.1, 0.15) is 11.5 Å². The van der Waals surface area contributed by atoms with E-state index < -0.39 is 0 Å². The first kappa shape index (κ1) is 66.3. The van der Waals surface area contributed by atoms with Crippen LogP contribution in [0.2, 0.25) is 0 Å². The lowest BCUT2D eigenvalue weighted by Gasteiger charge is -2.49. The van der Waals surface area contributed by atoms with Gasteiger partial charge in [-0.25, -0.2) is 14.2 Å². The van der Waals surface area contributed by atoms with Crippen LogP contribution in [0.1, 0.15) is 251 Å². The van der Waals surface area contributed by atoms with E-state index in [0.717, 1.165) is 75.7 Å². The summed E-state index contributed by atoms with van der Waals surface area (Å²) in [7, 11) is 0. The van der Waals surface area contributed by atoms with Crippen LogP contribution in [0.4, 0.5) is 9.18 Å². The third-order valence-corrected chi connectivity index (χ3v) is 20.9. The number of halogens is 1. The van der Waals surface area contributed by atoms with Crippen LogP contribution in [0.25, 0.3) is 0 Å². The van der Waals surface area contributed by atoms with Crippen molar-refractivity contribution in [3.63, 3.8) is 0 Å². The number of fused-ring (bicyclic) bond motifs is 6. The van der Waals surface area contributed by atoms with Gasteiger partial charge in [0.25, 0.3) is 5.91 Å². The molecule has 472 valence electrons. The zero-order valence-electron chi connectivity index (χ0n) is 54.5. The van der Waals surface area contributed by atoms with Crippen LogP contribution in [0.15, 0.2) is 77.6 Å². The SMILES string of the molecule is CCC(=O)N[C@@H]1CCC2(CCN(CCC(C)(C)C)CC2)c2cc(F)ccc21.CCN(C(=O)c1cscn1)[C@H]1CCC2(CCN(CCC(C)(C)C)CC2)c2ccccc21.CCOC(=O)N[C@H]1CCC2(CCN(CCC(C)(C)C)CC2)c2ccccc21.[HH].[HH]. The Balaban J connectivity index is 0.000000207. The predicted octanol–water partition coefficient (Wildman–Crippen LogP) is 16.4. The smallest absolute Gasteiger partial charge is 0.407 e. The first-order valence-corrected chi connectivity index (χ1v) is 33.9. The van der Waals surface area contributed by atoms with E-state index in [1.54, 1.807) is 17.6 Å². The van der Waals surface area contributed by atoms with Gasteiger partial charge in [-0.15, -0.1) is 11.3 Å². The molecule has 1 aromatic heterocycles. The minimum Gasteiger partial charge on any atom is -0.450 e. The summed E-state index contributed by atoms with van der Waals surface area (Å²) in [6.45, 7) is 38.2. The molecule has 2 N–H and O–H groups in total. The molecular weight excluding hydrogens is 1080 g/mol. The van der Waals surface area contributed by atoms with Gasteiger partial charge in [0.15, 0.2) is 0 Å². The molecule has 3 aromatic carbocycles. The molecule has 0 radical (unpaired) electrons. The molecule has 4 heterocycles. The van der Waals surface area contributed by atoms with Crippen molar-refractivity contribution in [2.24, 2.45) is 16.2 Å². The average molecular weight is 1190 g/mol. The predicted molar refractivity (Wildman–Crippen MR) is 351 cm³/mol. The molecule has 3 aliphatic carbocycles. The summed E-state index contributed by atoms with van der Waals surface area (Å²) in [4.78, 5) is 51.2. The zero-order chi connectivity index (χ0) is 61.2. The maximum Gasteiger partial charge on any atom is 0.407 e. The van der Waals surface area contributed by atoms with Gasteiger partial charge < -0.3 is 35.0 Å². The van der Waals surface area contributed by atoms with Crippen molar-refractivity contribution in [3.05, 3.63) is 123 Å². The summed E-state index contributed by atoms with van der Waals surface area (Å²) in [6.07, 6.45) is 17.3. The Morgan fingerprint density at radius 1 is 0.612 bits per heavy atom. The van der Waals surface area contributed by atoms with Crippen molar-refractivity contribution in [1.82, 2.24) is 35.2 Å². The van der Waals surface area contributed by atoms with Crippen LogP contribution in [0.3, 0.4) is 0 Å². The standard InChI is InChI=1S/C26H37N3OS.C23H35FN2O.C23H36N2O2.2H2/c1-5-29(24(30)22-18-31-19-27-22)23-10-11-26(21-9-7-6-8-20(21)23)13-16-28(17-14-26)15-12-25(2,3)4;1-5-21(27)25-20-8-9-23(19-16-17(24)6-7-18(19)20)11-14-26(15-12-23)13-10-22(2,3)4;1-5-27-21(26)24-20-10-11-23(19-9-7-6-8-18(19)20)13-16-25(17-14-23)15-12-22(2,3)4;;/h6-9,18-19,23H,5,10-17H2,1-4H3;6-7,16,20H,5,8-15H2,1-4H3,(H,25,27);6-9,20H,5,10-17H2,1-4H3,(H,24,26);2*1H/t23-;2*20-;;/m010../s1. The summed E-state index contributed by atoms with van der Waals surface area (Å²) in [5.74, 6) is -0.0227. The number of carbonyl (C=O) groups is 3. The molecule has 3 amide bonds. The third kappa shape index (κ3) is 17.1. The minimum absolute atomic E-state index is 0. The molecule has 0 bridgehead atoms. The highest BCUT2D eigenvalue weighted by Gasteiger charge is 2.46. The number of hydrogen-bond donors (Lipinski definition) is 2. The Kier molecular flexibility index (Phi) is 22.3. The fourth-order valence-corrected chi connectivity index (χ4v) is 15.4. The van der Waals surface area contributed by atoms with Crippen LogP contribution in [0, 0.1) is 22.1 Å². The van der Waals surface area contributed by atoms with Crippen molar-refractivity contribution >= 4 is 29.2 Å². The number of thiazole rings is 1. The lowest BCUT2D eigenvalue weighted by Crippen LogP contribution is -2.47. The Hall–Kier alpha value is -4.69. The Morgan fingerprint density at radius 3 is 1.52 bits per heavy atom. The van der Waals surface area contributed by atoms with Gasteiger partial charge in [0.05, 0.1) is 30.2 Å². The van der Waals surface area contributed by atoms with Crippen molar-refractivity contribution < 1.29 is 26.4 Å². The molecule has 85 heavy (non-hydrogen) atoms.